The summed E-state index contributed by atoms with van der Waals surface area (Å²) in [4.78, 5) is 4.10. The topological polar surface area (TPSA) is 3.24 Å². The van der Waals surface area contributed by atoms with Gasteiger partial charge in [-0.2, -0.15) is 0 Å². The Bertz CT molecular complexity index is 236. The number of hydrogen-bond donors (Lipinski definition) is 0. The van der Waals surface area contributed by atoms with Crippen LogP contribution in [0.1, 0.15) is 19.8 Å². The summed E-state index contributed by atoms with van der Waals surface area (Å²) in [5, 5.41) is 0. The molecule has 1 aliphatic carbocycles. The molecule has 1 aliphatic heterocycles. The highest BCUT2D eigenvalue weighted by Gasteiger charge is 2.32. The molecule has 0 N–H and O–H groups in total. The second-order valence-corrected chi connectivity index (χ2v) is 5.76. The van der Waals surface area contributed by atoms with Crippen LogP contribution in [0.2, 0.25) is 0 Å². The molecule has 1 fully saturated rings. The monoisotopic (exact) mass is 211 g/mol. The van der Waals surface area contributed by atoms with E-state index < -0.39 is 0 Å². The van der Waals surface area contributed by atoms with Crippen LogP contribution in [-0.4, -0.2) is 31.3 Å². The third-order valence-electron chi connectivity index (χ3n) is 3.77. The Morgan fingerprint density at radius 1 is 1.50 bits per heavy atom. The number of hydrogen-bond acceptors (Lipinski definition) is 2. The molecule has 0 amide bonds. The lowest BCUT2D eigenvalue weighted by Crippen LogP contribution is -2.39. The maximum Gasteiger partial charge on any atom is 0.00444 e. The molecule has 0 aromatic heterocycles. The molecule has 3 atom stereocenters. The van der Waals surface area contributed by atoms with Crippen LogP contribution in [0.15, 0.2) is 11.0 Å². The molecule has 0 spiro atoms. The number of thioether (sulfide) groups is 1. The molecular weight excluding hydrogens is 190 g/mol. The molecule has 14 heavy (non-hydrogen) atoms. The van der Waals surface area contributed by atoms with Gasteiger partial charge in [-0.05, 0) is 55.3 Å². The van der Waals surface area contributed by atoms with E-state index >= 15 is 0 Å². The normalized spacial score (nSPS) is 39.1. The second-order valence-electron chi connectivity index (χ2n) is 4.88. The van der Waals surface area contributed by atoms with Gasteiger partial charge in [0.25, 0.3) is 0 Å². The average Bonchev–Trinajstić information content (AvgIpc) is 2.17. The summed E-state index contributed by atoms with van der Waals surface area (Å²) in [5.41, 5.74) is 0. The third-order valence-corrected chi connectivity index (χ3v) is 4.78. The second kappa shape index (κ2) is 4.28. The first kappa shape index (κ1) is 10.6. The summed E-state index contributed by atoms with van der Waals surface area (Å²) in [5.74, 6) is 2.62. The summed E-state index contributed by atoms with van der Waals surface area (Å²) < 4.78 is 0. The Hall–Kier alpha value is 0.0500. The van der Waals surface area contributed by atoms with Gasteiger partial charge in [0.15, 0.2) is 0 Å². The van der Waals surface area contributed by atoms with E-state index in [4.69, 9.17) is 0 Å². The summed E-state index contributed by atoms with van der Waals surface area (Å²) in [6, 6.07) is 0. The number of piperidine rings is 1. The molecule has 0 aromatic carbocycles. The van der Waals surface area contributed by atoms with E-state index in [0.29, 0.717) is 0 Å². The van der Waals surface area contributed by atoms with Gasteiger partial charge in [-0.1, -0.05) is 13.0 Å². The molecule has 0 aromatic rings. The number of fused-ring (bicyclic) bond motifs is 1. The zero-order valence-corrected chi connectivity index (χ0v) is 10.3. The van der Waals surface area contributed by atoms with Crippen molar-refractivity contribution in [2.75, 3.05) is 26.4 Å². The van der Waals surface area contributed by atoms with Crippen LogP contribution in [0.25, 0.3) is 0 Å². The van der Waals surface area contributed by atoms with Gasteiger partial charge >= 0.3 is 0 Å². The van der Waals surface area contributed by atoms with Crippen molar-refractivity contribution in [3.63, 3.8) is 0 Å². The molecular formula is C12H21NS. The molecule has 2 heteroatoms. The van der Waals surface area contributed by atoms with E-state index in [2.05, 4.69) is 31.2 Å². The fourth-order valence-corrected chi connectivity index (χ4v) is 3.71. The van der Waals surface area contributed by atoms with E-state index in [9.17, 15) is 0 Å². The quantitative estimate of drug-likeness (QED) is 0.656. The number of allylic oxidation sites excluding steroid dienone is 1. The SMILES string of the molecule is CSC1=C[C@H]2CN(C)CC[C@H]2C[C@H]1C. The van der Waals surface area contributed by atoms with Crippen molar-refractivity contribution in [1.29, 1.82) is 0 Å². The van der Waals surface area contributed by atoms with Gasteiger partial charge in [-0.25, -0.2) is 0 Å². The van der Waals surface area contributed by atoms with Crippen LogP contribution in [0.4, 0.5) is 0 Å². The number of likely N-dealkylation sites (tertiary alicyclic amines) is 1. The summed E-state index contributed by atoms with van der Waals surface area (Å²) >= 11 is 1.95. The van der Waals surface area contributed by atoms with Gasteiger partial charge in [0.2, 0.25) is 0 Å². The Morgan fingerprint density at radius 3 is 3.00 bits per heavy atom. The first-order valence-corrected chi connectivity index (χ1v) is 6.87. The first-order chi connectivity index (χ1) is 6.70. The molecule has 1 saturated heterocycles. The lowest BCUT2D eigenvalue weighted by Gasteiger charge is -2.40. The Kier molecular flexibility index (Phi) is 3.23. The number of rotatable bonds is 1. The van der Waals surface area contributed by atoms with Crippen LogP contribution in [-0.2, 0) is 0 Å². The fourth-order valence-electron chi connectivity index (χ4n) is 2.90. The van der Waals surface area contributed by atoms with Gasteiger partial charge in [0.05, 0.1) is 0 Å². The zero-order valence-electron chi connectivity index (χ0n) is 9.49. The molecule has 2 rings (SSSR count). The van der Waals surface area contributed by atoms with Gasteiger partial charge in [0.1, 0.15) is 0 Å². The number of nitrogens with zero attached hydrogens (tertiary/aromatic N) is 1. The molecule has 0 bridgehead atoms. The van der Waals surface area contributed by atoms with Crippen molar-refractivity contribution >= 4 is 11.8 Å². The molecule has 0 saturated carbocycles. The van der Waals surface area contributed by atoms with Crippen LogP contribution >= 0.6 is 11.8 Å². The Morgan fingerprint density at radius 2 is 2.29 bits per heavy atom. The van der Waals surface area contributed by atoms with Gasteiger partial charge in [-0.15, -0.1) is 11.8 Å². The molecule has 80 valence electrons. The smallest absolute Gasteiger partial charge is 0.00444 e. The van der Waals surface area contributed by atoms with Crippen LogP contribution in [0.3, 0.4) is 0 Å². The molecule has 0 radical (unpaired) electrons. The van der Waals surface area contributed by atoms with Gasteiger partial charge in [-0.3, -0.25) is 0 Å². The predicted molar refractivity (Wildman–Crippen MR) is 64.5 cm³/mol. The van der Waals surface area contributed by atoms with Gasteiger partial charge < -0.3 is 4.90 Å². The van der Waals surface area contributed by atoms with Crippen LogP contribution < -0.4 is 0 Å². The van der Waals surface area contributed by atoms with Crippen LogP contribution in [0.5, 0.6) is 0 Å². The van der Waals surface area contributed by atoms with Crippen molar-refractivity contribution in [3.05, 3.63) is 11.0 Å². The predicted octanol–water partition coefficient (Wildman–Crippen LogP) is 2.84. The van der Waals surface area contributed by atoms with E-state index in [-0.39, 0.29) is 0 Å². The van der Waals surface area contributed by atoms with E-state index in [1.54, 1.807) is 4.91 Å². The largest absolute Gasteiger partial charge is 0.306 e. The maximum absolute atomic E-state index is 2.55. The lowest BCUT2D eigenvalue weighted by atomic mass is 9.75. The molecule has 1 heterocycles. The zero-order chi connectivity index (χ0) is 10.1. The maximum atomic E-state index is 2.55. The molecule has 0 unspecified atom stereocenters. The van der Waals surface area contributed by atoms with E-state index in [1.807, 2.05) is 11.8 Å². The highest BCUT2D eigenvalue weighted by molar-refractivity contribution is 8.02. The fraction of sp³-hybridized carbons (Fsp3) is 0.833. The van der Waals surface area contributed by atoms with E-state index in [1.165, 1.54) is 25.9 Å². The minimum atomic E-state index is 0.814. The first-order valence-electron chi connectivity index (χ1n) is 5.65. The molecule has 2 aliphatic rings. The van der Waals surface area contributed by atoms with E-state index in [0.717, 1.165) is 17.8 Å². The molecule has 1 nitrogen and oxygen atoms in total. The van der Waals surface area contributed by atoms with Crippen molar-refractivity contribution in [2.24, 2.45) is 17.8 Å². The standard InChI is InChI=1S/C12H21NS/c1-9-6-10-4-5-13(2)8-11(10)7-12(9)14-3/h7,9-11H,4-6,8H2,1-3H3/t9-,10+,11+/m1/s1. The summed E-state index contributed by atoms with van der Waals surface area (Å²) in [6.07, 6.45) is 7.60. The van der Waals surface area contributed by atoms with Crippen molar-refractivity contribution in [2.45, 2.75) is 19.8 Å². The highest BCUT2D eigenvalue weighted by atomic mass is 32.2. The minimum Gasteiger partial charge on any atom is -0.306 e. The lowest BCUT2D eigenvalue weighted by molar-refractivity contribution is 0.149. The van der Waals surface area contributed by atoms with Crippen LogP contribution in [0, 0.1) is 17.8 Å². The summed E-state index contributed by atoms with van der Waals surface area (Å²) in [6.45, 7) is 4.97. The third kappa shape index (κ3) is 2.01. The Balaban J connectivity index is 2.11. The van der Waals surface area contributed by atoms with Crippen molar-refractivity contribution in [1.82, 2.24) is 4.90 Å². The minimum absolute atomic E-state index is 0.814. The van der Waals surface area contributed by atoms with Gasteiger partial charge in [0, 0.05) is 6.54 Å². The summed E-state index contributed by atoms with van der Waals surface area (Å²) in [7, 11) is 2.25. The highest BCUT2D eigenvalue weighted by Crippen LogP contribution is 2.40. The average molecular weight is 211 g/mol. The Labute approximate surface area is 91.9 Å². The van der Waals surface area contributed by atoms with Crippen molar-refractivity contribution < 1.29 is 0 Å². The van der Waals surface area contributed by atoms with Crippen molar-refractivity contribution in [3.8, 4) is 0 Å².